The summed E-state index contributed by atoms with van der Waals surface area (Å²) in [6.45, 7) is 5.43. The summed E-state index contributed by atoms with van der Waals surface area (Å²) < 4.78 is 0. The quantitative estimate of drug-likeness (QED) is 0.847. The van der Waals surface area contributed by atoms with Gasteiger partial charge in [0.25, 0.3) is 0 Å². The van der Waals surface area contributed by atoms with Crippen molar-refractivity contribution in [3.05, 3.63) is 16.4 Å². The maximum atomic E-state index is 6.11. The molecule has 6 heteroatoms. The molecule has 2 saturated heterocycles. The summed E-state index contributed by atoms with van der Waals surface area (Å²) in [7, 11) is 0. The molecule has 4 nitrogen and oxygen atoms in total. The van der Waals surface area contributed by atoms with Gasteiger partial charge in [-0.3, -0.25) is 0 Å². The molecule has 3 heterocycles. The van der Waals surface area contributed by atoms with E-state index in [0.29, 0.717) is 28.2 Å². The Bertz CT molecular complexity index is 439. The molecule has 0 radical (unpaired) electrons. The predicted octanol–water partition coefficient (Wildman–Crippen LogP) is 1.83. The minimum atomic E-state index is 0.395. The summed E-state index contributed by atoms with van der Waals surface area (Å²) in [5, 5.41) is 11.9. The first-order chi connectivity index (χ1) is 8.16. The molecule has 92 valence electrons. The van der Waals surface area contributed by atoms with Crippen molar-refractivity contribution in [1.29, 1.82) is 0 Å². The average Bonchev–Trinajstić information content (AvgIpc) is 2.86. The third kappa shape index (κ3) is 1.88. The first-order valence-electron chi connectivity index (χ1n) is 5.83. The number of fused-ring (bicyclic) bond motifs is 1. The highest BCUT2D eigenvalue weighted by Crippen LogP contribution is 2.38. The number of hydrogen-bond acceptors (Lipinski definition) is 4. The molecule has 17 heavy (non-hydrogen) atoms. The number of nitrogens with zero attached hydrogens (tertiary/aromatic N) is 3. The van der Waals surface area contributed by atoms with Crippen LogP contribution < -0.4 is 10.2 Å². The minimum Gasteiger partial charge on any atom is -0.366 e. The molecule has 0 spiro atoms. The van der Waals surface area contributed by atoms with Crippen LogP contribution in [0.15, 0.2) is 6.07 Å². The van der Waals surface area contributed by atoms with Gasteiger partial charge in [-0.2, -0.15) is 0 Å². The van der Waals surface area contributed by atoms with Crippen molar-refractivity contribution < 1.29 is 0 Å². The summed E-state index contributed by atoms with van der Waals surface area (Å²) in [4.78, 5) is 2.30. The third-order valence-electron chi connectivity index (χ3n) is 3.94. The van der Waals surface area contributed by atoms with Gasteiger partial charge >= 0.3 is 0 Å². The molecule has 1 aromatic rings. The zero-order valence-electron chi connectivity index (χ0n) is 9.53. The van der Waals surface area contributed by atoms with E-state index in [1.807, 2.05) is 6.07 Å². The second-order valence-electron chi connectivity index (χ2n) is 4.82. The van der Waals surface area contributed by atoms with E-state index in [1.54, 1.807) is 0 Å². The molecule has 2 aliphatic rings. The monoisotopic (exact) mass is 272 g/mol. The summed E-state index contributed by atoms with van der Waals surface area (Å²) in [5.41, 5.74) is 0.911. The number of halogens is 2. The molecule has 2 aliphatic heterocycles. The fraction of sp³-hybridized carbons (Fsp3) is 0.636. The topological polar surface area (TPSA) is 41.0 Å². The smallest absolute Gasteiger partial charge is 0.175 e. The number of anilines is 1. The Morgan fingerprint density at radius 1 is 1.35 bits per heavy atom. The molecule has 2 fully saturated rings. The van der Waals surface area contributed by atoms with E-state index in [9.17, 15) is 0 Å². The van der Waals surface area contributed by atoms with Gasteiger partial charge in [-0.25, -0.2) is 0 Å². The van der Waals surface area contributed by atoms with Gasteiger partial charge in [-0.1, -0.05) is 23.2 Å². The minimum absolute atomic E-state index is 0.395. The van der Waals surface area contributed by atoms with E-state index < -0.39 is 0 Å². The Kier molecular flexibility index (Phi) is 2.89. The highest BCUT2D eigenvalue weighted by molar-refractivity contribution is 6.33. The molecule has 0 aliphatic carbocycles. The van der Waals surface area contributed by atoms with Crippen LogP contribution in [-0.4, -0.2) is 35.9 Å². The lowest BCUT2D eigenvalue weighted by molar-refractivity contribution is 0.471. The maximum Gasteiger partial charge on any atom is 0.175 e. The Morgan fingerprint density at radius 3 is 2.94 bits per heavy atom. The van der Waals surface area contributed by atoms with Crippen molar-refractivity contribution in [3.63, 3.8) is 0 Å². The maximum absolute atomic E-state index is 6.11. The zero-order valence-corrected chi connectivity index (χ0v) is 11.0. The predicted molar refractivity (Wildman–Crippen MR) is 68.7 cm³/mol. The van der Waals surface area contributed by atoms with Crippen LogP contribution in [0.25, 0.3) is 0 Å². The van der Waals surface area contributed by atoms with Crippen molar-refractivity contribution in [1.82, 2.24) is 15.5 Å². The van der Waals surface area contributed by atoms with E-state index >= 15 is 0 Å². The zero-order chi connectivity index (χ0) is 12.0. The largest absolute Gasteiger partial charge is 0.366 e. The SMILES string of the molecule is CC1C2CNCC2CN1c1cc(Cl)nnc1Cl. The molecule has 0 bridgehead atoms. The third-order valence-corrected chi connectivity index (χ3v) is 4.40. The molecule has 0 saturated carbocycles. The van der Waals surface area contributed by atoms with Crippen molar-refractivity contribution in [2.45, 2.75) is 13.0 Å². The molecular formula is C11H14Cl2N4. The molecule has 3 rings (SSSR count). The molecule has 0 aromatic carbocycles. The molecule has 3 atom stereocenters. The second-order valence-corrected chi connectivity index (χ2v) is 5.56. The molecular weight excluding hydrogens is 259 g/mol. The number of hydrogen-bond donors (Lipinski definition) is 1. The van der Waals surface area contributed by atoms with Crippen LogP contribution in [0.3, 0.4) is 0 Å². The normalized spacial score (nSPS) is 31.9. The van der Waals surface area contributed by atoms with Gasteiger partial charge in [0, 0.05) is 31.7 Å². The van der Waals surface area contributed by atoms with Gasteiger partial charge in [-0.15, -0.1) is 10.2 Å². The van der Waals surface area contributed by atoms with Gasteiger partial charge in [0.15, 0.2) is 10.3 Å². The van der Waals surface area contributed by atoms with E-state index in [1.165, 1.54) is 0 Å². The number of rotatable bonds is 1. The van der Waals surface area contributed by atoms with E-state index in [-0.39, 0.29) is 0 Å². The van der Waals surface area contributed by atoms with Crippen molar-refractivity contribution in [2.75, 3.05) is 24.5 Å². The van der Waals surface area contributed by atoms with Crippen LogP contribution in [0.1, 0.15) is 6.92 Å². The lowest BCUT2D eigenvalue weighted by Gasteiger charge is -2.26. The number of aromatic nitrogens is 2. The summed E-state index contributed by atoms with van der Waals surface area (Å²) in [6.07, 6.45) is 0. The summed E-state index contributed by atoms with van der Waals surface area (Å²) in [6, 6.07) is 2.27. The van der Waals surface area contributed by atoms with Crippen LogP contribution in [0.5, 0.6) is 0 Å². The summed E-state index contributed by atoms with van der Waals surface area (Å²) in [5.74, 6) is 1.39. The van der Waals surface area contributed by atoms with Crippen molar-refractivity contribution in [3.8, 4) is 0 Å². The van der Waals surface area contributed by atoms with E-state index in [2.05, 4.69) is 27.3 Å². The average molecular weight is 273 g/mol. The van der Waals surface area contributed by atoms with E-state index in [0.717, 1.165) is 25.3 Å². The Labute approximate surface area is 110 Å². The van der Waals surface area contributed by atoms with Gasteiger partial charge < -0.3 is 10.2 Å². The van der Waals surface area contributed by atoms with Crippen LogP contribution in [-0.2, 0) is 0 Å². The highest BCUT2D eigenvalue weighted by atomic mass is 35.5. The van der Waals surface area contributed by atoms with Crippen LogP contribution >= 0.6 is 23.2 Å². The molecule has 1 aromatic heterocycles. The fourth-order valence-corrected chi connectivity index (χ4v) is 3.37. The van der Waals surface area contributed by atoms with Crippen molar-refractivity contribution in [2.24, 2.45) is 11.8 Å². The lowest BCUT2D eigenvalue weighted by Crippen LogP contribution is -2.33. The standard InChI is InChI=1S/C11H14Cl2N4/c1-6-8-4-14-3-7(8)5-17(6)9-2-10(12)15-16-11(9)13/h2,6-8,14H,3-5H2,1H3. The highest BCUT2D eigenvalue weighted by Gasteiger charge is 2.42. The van der Waals surface area contributed by atoms with Gasteiger partial charge in [0.1, 0.15) is 0 Å². The van der Waals surface area contributed by atoms with E-state index in [4.69, 9.17) is 23.2 Å². The second kappa shape index (κ2) is 4.26. The molecule has 0 amide bonds. The Balaban J connectivity index is 1.92. The molecule has 3 unspecified atom stereocenters. The van der Waals surface area contributed by atoms with Crippen LogP contribution in [0.2, 0.25) is 10.3 Å². The van der Waals surface area contributed by atoms with Crippen LogP contribution in [0, 0.1) is 11.8 Å². The Hall–Kier alpha value is -0.580. The Morgan fingerprint density at radius 2 is 2.18 bits per heavy atom. The first-order valence-corrected chi connectivity index (χ1v) is 6.58. The first kappa shape index (κ1) is 11.5. The van der Waals surface area contributed by atoms with Crippen LogP contribution in [0.4, 0.5) is 5.69 Å². The fourth-order valence-electron chi connectivity index (χ4n) is 3.03. The number of nitrogens with one attached hydrogen (secondary N) is 1. The summed E-state index contributed by atoms with van der Waals surface area (Å²) >= 11 is 12.0. The van der Waals surface area contributed by atoms with Gasteiger partial charge in [0.2, 0.25) is 0 Å². The van der Waals surface area contributed by atoms with Gasteiger partial charge in [0.05, 0.1) is 5.69 Å². The lowest BCUT2D eigenvalue weighted by atomic mass is 9.95. The van der Waals surface area contributed by atoms with Gasteiger partial charge in [-0.05, 0) is 18.8 Å². The van der Waals surface area contributed by atoms with Crippen molar-refractivity contribution >= 4 is 28.9 Å². The molecule has 1 N–H and O–H groups in total.